The maximum Gasteiger partial charge on any atom is 0.333 e. The minimum atomic E-state index is -0.395. The highest BCUT2D eigenvalue weighted by Gasteiger charge is 2.05. The quantitative estimate of drug-likeness (QED) is 0.207. The lowest BCUT2D eigenvalue weighted by molar-refractivity contribution is -0.139. The highest BCUT2D eigenvalue weighted by molar-refractivity contribution is 5.86. The van der Waals surface area contributed by atoms with Gasteiger partial charge in [-0.2, -0.15) is 0 Å². The molecule has 20 heavy (non-hydrogen) atoms. The van der Waals surface area contributed by atoms with Gasteiger partial charge in [0, 0.05) is 25.0 Å². The molecule has 0 saturated carbocycles. The van der Waals surface area contributed by atoms with Gasteiger partial charge in [-0.1, -0.05) is 13.0 Å². The lowest BCUT2D eigenvalue weighted by atomic mass is 10.1. The maximum absolute atomic E-state index is 11.6. The van der Waals surface area contributed by atoms with E-state index in [2.05, 4.69) is 11.6 Å². The first-order valence-electron chi connectivity index (χ1n) is 7.04. The zero-order chi connectivity index (χ0) is 15.4. The van der Waals surface area contributed by atoms with Crippen LogP contribution in [0.4, 0.5) is 0 Å². The Morgan fingerprint density at radius 2 is 1.75 bits per heavy atom. The summed E-state index contributed by atoms with van der Waals surface area (Å²) in [6.45, 7) is 7.86. The van der Waals surface area contributed by atoms with Crippen molar-refractivity contribution in [2.24, 2.45) is 10.7 Å². The molecule has 0 radical (unpaired) electrons. The molecule has 0 aromatic rings. The molecule has 0 fully saturated rings. The first-order chi connectivity index (χ1) is 9.43. The van der Waals surface area contributed by atoms with E-state index in [1.165, 1.54) is 0 Å². The number of ether oxygens (including phenoxy) is 1. The van der Waals surface area contributed by atoms with Crippen molar-refractivity contribution in [3.05, 3.63) is 12.2 Å². The van der Waals surface area contributed by atoms with Crippen molar-refractivity contribution in [2.75, 3.05) is 13.2 Å². The zero-order valence-corrected chi connectivity index (χ0v) is 12.6. The van der Waals surface area contributed by atoms with Crippen molar-refractivity contribution >= 4 is 17.6 Å². The Morgan fingerprint density at radius 1 is 1.10 bits per heavy atom. The van der Waals surface area contributed by atoms with Gasteiger partial charge in [0.25, 0.3) is 0 Å². The average Bonchev–Trinajstić information content (AvgIpc) is 2.37. The predicted octanol–water partition coefficient (Wildman–Crippen LogP) is 2.39. The van der Waals surface area contributed by atoms with E-state index in [1.807, 2.05) is 0 Å². The van der Waals surface area contributed by atoms with Crippen LogP contribution in [-0.4, -0.2) is 30.7 Å². The summed E-state index contributed by atoms with van der Waals surface area (Å²) in [6, 6.07) is 0. The van der Waals surface area contributed by atoms with Crippen LogP contribution >= 0.6 is 0 Å². The third-order valence-corrected chi connectivity index (χ3v) is 2.66. The molecular formula is C15H26N2O3. The second kappa shape index (κ2) is 11.2. The molecular weight excluding hydrogens is 256 g/mol. The van der Waals surface area contributed by atoms with Crippen molar-refractivity contribution in [3.8, 4) is 0 Å². The van der Waals surface area contributed by atoms with E-state index < -0.39 is 5.97 Å². The highest BCUT2D eigenvalue weighted by atomic mass is 16.5. The maximum atomic E-state index is 11.6. The predicted molar refractivity (Wildman–Crippen MR) is 80.6 cm³/mol. The van der Waals surface area contributed by atoms with Gasteiger partial charge >= 0.3 is 5.97 Å². The molecule has 0 atom stereocenters. The molecule has 0 aliphatic rings. The lowest BCUT2D eigenvalue weighted by Gasteiger charge is -2.04. The number of esters is 1. The number of nitrogens with two attached hydrogens (primary N) is 1. The monoisotopic (exact) mass is 282 g/mol. The number of carbonyl (C=O) groups excluding carboxylic acids is 2. The standard InChI is InChI=1S/C15H26N2O3/c1-12(2)15(19)20-11-7-9-14(18)8-5-4-6-10-17-13(3)16/h1,4-11H2,2-3H3,(H2,16,17). The minimum absolute atomic E-state index is 0.217. The van der Waals surface area contributed by atoms with Crippen LogP contribution in [0, 0.1) is 0 Å². The van der Waals surface area contributed by atoms with Gasteiger partial charge in [-0.05, 0) is 33.1 Å². The van der Waals surface area contributed by atoms with Crippen LogP contribution in [0.2, 0.25) is 0 Å². The van der Waals surface area contributed by atoms with E-state index in [0.717, 1.165) is 25.8 Å². The summed E-state index contributed by atoms with van der Waals surface area (Å²) in [6.07, 6.45) is 4.44. The Hall–Kier alpha value is -1.65. The van der Waals surface area contributed by atoms with E-state index in [-0.39, 0.29) is 12.4 Å². The number of amidine groups is 1. The van der Waals surface area contributed by atoms with Crippen molar-refractivity contribution < 1.29 is 14.3 Å². The summed E-state index contributed by atoms with van der Waals surface area (Å²) in [7, 11) is 0. The summed E-state index contributed by atoms with van der Waals surface area (Å²) >= 11 is 0. The molecule has 0 rings (SSSR count). The fourth-order valence-corrected chi connectivity index (χ4v) is 1.55. The average molecular weight is 282 g/mol. The van der Waals surface area contributed by atoms with Crippen LogP contribution in [0.3, 0.4) is 0 Å². The van der Waals surface area contributed by atoms with E-state index >= 15 is 0 Å². The summed E-state index contributed by atoms with van der Waals surface area (Å²) in [5.74, 6) is 0.425. The summed E-state index contributed by atoms with van der Waals surface area (Å²) in [4.78, 5) is 26.7. The molecule has 0 aromatic heterocycles. The van der Waals surface area contributed by atoms with Crippen LogP contribution in [0.25, 0.3) is 0 Å². The van der Waals surface area contributed by atoms with Crippen LogP contribution in [0.5, 0.6) is 0 Å². The minimum Gasteiger partial charge on any atom is -0.462 e. The van der Waals surface area contributed by atoms with Gasteiger partial charge in [-0.25, -0.2) is 4.79 Å². The third kappa shape index (κ3) is 11.4. The van der Waals surface area contributed by atoms with Gasteiger partial charge < -0.3 is 10.5 Å². The first kappa shape index (κ1) is 18.4. The van der Waals surface area contributed by atoms with Gasteiger partial charge in [0.15, 0.2) is 0 Å². The topological polar surface area (TPSA) is 81.8 Å². The molecule has 0 bridgehead atoms. The third-order valence-electron chi connectivity index (χ3n) is 2.66. The Balaban J connectivity index is 3.44. The summed E-state index contributed by atoms with van der Waals surface area (Å²) < 4.78 is 4.92. The Morgan fingerprint density at radius 3 is 2.35 bits per heavy atom. The molecule has 0 aliphatic carbocycles. The number of aliphatic imine (C=N–C) groups is 1. The van der Waals surface area contributed by atoms with Crippen LogP contribution in [0.15, 0.2) is 17.1 Å². The largest absolute Gasteiger partial charge is 0.462 e. The molecule has 0 heterocycles. The van der Waals surface area contributed by atoms with Crippen LogP contribution in [0.1, 0.15) is 52.4 Å². The number of hydrogen-bond donors (Lipinski definition) is 1. The molecule has 5 heteroatoms. The zero-order valence-electron chi connectivity index (χ0n) is 12.6. The Labute approximate surface area is 121 Å². The van der Waals surface area contributed by atoms with Crippen molar-refractivity contribution in [1.82, 2.24) is 0 Å². The number of Topliss-reactive ketones (excluding diaryl/α,β-unsaturated/α-hetero) is 1. The number of ketones is 1. The van der Waals surface area contributed by atoms with E-state index in [4.69, 9.17) is 10.5 Å². The second-order valence-corrected chi connectivity index (χ2v) is 4.89. The molecule has 0 spiro atoms. The number of hydrogen-bond acceptors (Lipinski definition) is 4. The number of unbranched alkanes of at least 4 members (excludes halogenated alkanes) is 2. The molecule has 0 aliphatic heterocycles. The molecule has 0 saturated heterocycles. The summed E-state index contributed by atoms with van der Waals surface area (Å²) in [5.41, 5.74) is 5.80. The molecule has 0 aromatic carbocycles. The van der Waals surface area contributed by atoms with Crippen LogP contribution < -0.4 is 5.73 Å². The Bertz CT molecular complexity index is 358. The lowest BCUT2D eigenvalue weighted by Crippen LogP contribution is -2.08. The smallest absolute Gasteiger partial charge is 0.333 e. The van der Waals surface area contributed by atoms with Crippen molar-refractivity contribution in [1.29, 1.82) is 0 Å². The summed E-state index contributed by atoms with van der Waals surface area (Å²) in [5, 5.41) is 0. The number of rotatable bonds is 11. The van der Waals surface area contributed by atoms with Gasteiger partial charge in [-0.15, -0.1) is 0 Å². The fourth-order valence-electron chi connectivity index (χ4n) is 1.55. The highest BCUT2D eigenvalue weighted by Crippen LogP contribution is 2.05. The van der Waals surface area contributed by atoms with Gasteiger partial charge in [0.2, 0.25) is 0 Å². The van der Waals surface area contributed by atoms with E-state index in [9.17, 15) is 9.59 Å². The van der Waals surface area contributed by atoms with Crippen LogP contribution in [-0.2, 0) is 14.3 Å². The number of carbonyl (C=O) groups is 2. The Kier molecular flexibility index (Phi) is 10.3. The van der Waals surface area contributed by atoms with Gasteiger partial charge in [0.05, 0.1) is 12.4 Å². The normalized spacial score (nSPS) is 11.2. The van der Waals surface area contributed by atoms with Gasteiger partial charge in [0.1, 0.15) is 5.78 Å². The van der Waals surface area contributed by atoms with Crippen molar-refractivity contribution in [2.45, 2.75) is 52.4 Å². The van der Waals surface area contributed by atoms with Crippen molar-refractivity contribution in [3.63, 3.8) is 0 Å². The molecule has 0 amide bonds. The van der Waals surface area contributed by atoms with Gasteiger partial charge in [-0.3, -0.25) is 9.79 Å². The van der Waals surface area contributed by atoms with E-state index in [1.54, 1.807) is 13.8 Å². The molecule has 114 valence electrons. The fraction of sp³-hybridized carbons (Fsp3) is 0.667. The molecule has 5 nitrogen and oxygen atoms in total. The molecule has 0 unspecified atom stereocenters. The first-order valence-corrected chi connectivity index (χ1v) is 7.04. The van der Waals surface area contributed by atoms with E-state index in [0.29, 0.717) is 30.7 Å². The second-order valence-electron chi connectivity index (χ2n) is 4.89. The SMILES string of the molecule is C=C(C)C(=O)OCCCC(=O)CCCCCN=C(C)N. The number of nitrogens with zero attached hydrogens (tertiary/aromatic N) is 1. The molecule has 2 N–H and O–H groups in total.